The van der Waals surface area contributed by atoms with E-state index in [0.29, 0.717) is 33.9 Å². The van der Waals surface area contributed by atoms with E-state index in [1.54, 1.807) is 12.1 Å². The highest BCUT2D eigenvalue weighted by Crippen LogP contribution is 2.36. The minimum absolute atomic E-state index is 0.222. The van der Waals surface area contributed by atoms with E-state index in [9.17, 15) is 17.6 Å². The van der Waals surface area contributed by atoms with E-state index in [4.69, 9.17) is 0 Å². The van der Waals surface area contributed by atoms with Gasteiger partial charge in [0.1, 0.15) is 5.82 Å². The highest BCUT2D eigenvalue weighted by atomic mass is 32.1. The fourth-order valence-corrected chi connectivity index (χ4v) is 2.48. The molecule has 0 aliphatic heterocycles. The minimum atomic E-state index is -4.47. The highest BCUT2D eigenvalue weighted by molar-refractivity contribution is 7.15. The van der Waals surface area contributed by atoms with Gasteiger partial charge in [0.05, 0.1) is 4.88 Å². The summed E-state index contributed by atoms with van der Waals surface area (Å²) in [6.45, 7) is 4.27. The lowest BCUT2D eigenvalue weighted by Crippen LogP contribution is -2.22. The summed E-state index contributed by atoms with van der Waals surface area (Å²) < 4.78 is 51.5. The van der Waals surface area contributed by atoms with E-state index in [1.165, 1.54) is 6.07 Å². The van der Waals surface area contributed by atoms with Crippen LogP contribution in [-0.4, -0.2) is 11.0 Å². The second-order valence-corrected chi connectivity index (χ2v) is 5.90. The Balaban J connectivity index is 2.22. The maximum atomic E-state index is 13.9. The van der Waals surface area contributed by atoms with Crippen molar-refractivity contribution in [2.24, 2.45) is 0 Å². The molecule has 21 heavy (non-hydrogen) atoms. The molecule has 0 radical (unpaired) electrons. The molecule has 0 unspecified atom stereocenters. The van der Waals surface area contributed by atoms with Crippen molar-refractivity contribution < 1.29 is 17.6 Å². The Morgan fingerprint density at radius 2 is 2.00 bits per heavy atom. The SMILES string of the molecule is CC(C)NCc1ccc(-c2cnc(C(F)(F)F)s2)cc1F. The summed E-state index contributed by atoms with van der Waals surface area (Å²) >= 11 is 0.507. The molecular weight excluding hydrogens is 304 g/mol. The maximum Gasteiger partial charge on any atom is 0.443 e. The van der Waals surface area contributed by atoms with Gasteiger partial charge < -0.3 is 5.32 Å². The first kappa shape index (κ1) is 15.9. The third kappa shape index (κ3) is 4.01. The smallest absolute Gasteiger partial charge is 0.310 e. The van der Waals surface area contributed by atoms with Crippen molar-refractivity contribution in [3.05, 3.63) is 40.8 Å². The lowest BCUT2D eigenvalue weighted by Gasteiger charge is -2.09. The Morgan fingerprint density at radius 1 is 1.29 bits per heavy atom. The summed E-state index contributed by atoms with van der Waals surface area (Å²) in [6.07, 6.45) is -3.35. The highest BCUT2D eigenvalue weighted by Gasteiger charge is 2.34. The van der Waals surface area contributed by atoms with Gasteiger partial charge in [-0.3, -0.25) is 0 Å². The Bertz CT molecular complexity index is 620. The Hall–Kier alpha value is -1.47. The number of thiazole rings is 1. The second-order valence-electron chi connectivity index (χ2n) is 4.87. The number of nitrogens with one attached hydrogen (secondary N) is 1. The number of benzene rings is 1. The van der Waals surface area contributed by atoms with E-state index in [-0.39, 0.29) is 6.04 Å². The summed E-state index contributed by atoms with van der Waals surface area (Å²) in [6, 6.07) is 4.64. The van der Waals surface area contributed by atoms with Crippen LogP contribution in [0.15, 0.2) is 24.4 Å². The van der Waals surface area contributed by atoms with Crippen molar-refractivity contribution in [3.8, 4) is 10.4 Å². The zero-order valence-corrected chi connectivity index (χ0v) is 12.3. The molecule has 2 aromatic rings. The van der Waals surface area contributed by atoms with Crippen molar-refractivity contribution in [2.45, 2.75) is 32.6 Å². The van der Waals surface area contributed by atoms with Crippen LogP contribution < -0.4 is 5.32 Å². The molecule has 2 nitrogen and oxygen atoms in total. The lowest BCUT2D eigenvalue weighted by molar-refractivity contribution is -0.137. The van der Waals surface area contributed by atoms with Crippen LogP contribution in [0.5, 0.6) is 0 Å². The average molecular weight is 318 g/mol. The van der Waals surface area contributed by atoms with Gasteiger partial charge in [0.2, 0.25) is 0 Å². The molecule has 0 aliphatic carbocycles. The molecule has 0 bridgehead atoms. The summed E-state index contributed by atoms with van der Waals surface area (Å²) in [7, 11) is 0. The van der Waals surface area contributed by atoms with Crippen LogP contribution in [0.3, 0.4) is 0 Å². The van der Waals surface area contributed by atoms with Gasteiger partial charge in [0, 0.05) is 24.3 Å². The van der Waals surface area contributed by atoms with Gasteiger partial charge in [-0.25, -0.2) is 9.37 Å². The molecule has 1 heterocycles. The minimum Gasteiger partial charge on any atom is -0.310 e. The van der Waals surface area contributed by atoms with E-state index in [1.807, 2.05) is 13.8 Å². The molecule has 0 saturated carbocycles. The van der Waals surface area contributed by atoms with E-state index >= 15 is 0 Å². The van der Waals surface area contributed by atoms with Crippen molar-refractivity contribution >= 4 is 11.3 Å². The summed E-state index contributed by atoms with van der Waals surface area (Å²) in [5.74, 6) is -0.442. The van der Waals surface area contributed by atoms with Gasteiger partial charge in [-0.15, -0.1) is 11.3 Å². The Morgan fingerprint density at radius 3 is 2.52 bits per heavy atom. The zero-order chi connectivity index (χ0) is 15.6. The van der Waals surface area contributed by atoms with E-state index in [2.05, 4.69) is 10.3 Å². The largest absolute Gasteiger partial charge is 0.443 e. The van der Waals surface area contributed by atoms with Crippen molar-refractivity contribution in [3.63, 3.8) is 0 Å². The fourth-order valence-electron chi connectivity index (χ4n) is 1.70. The molecule has 7 heteroatoms. The molecular formula is C14H14F4N2S. The van der Waals surface area contributed by atoms with Gasteiger partial charge in [-0.2, -0.15) is 13.2 Å². The number of hydrogen-bond acceptors (Lipinski definition) is 3. The van der Waals surface area contributed by atoms with Crippen molar-refractivity contribution in [1.29, 1.82) is 0 Å². The van der Waals surface area contributed by atoms with Gasteiger partial charge in [-0.05, 0) is 11.6 Å². The Labute approximate surface area is 123 Å². The number of alkyl halides is 3. The van der Waals surface area contributed by atoms with Crippen LogP contribution in [-0.2, 0) is 12.7 Å². The van der Waals surface area contributed by atoms with E-state index < -0.39 is 17.0 Å². The molecule has 114 valence electrons. The molecule has 0 fully saturated rings. The van der Waals surface area contributed by atoms with Gasteiger partial charge in [-0.1, -0.05) is 26.0 Å². The monoisotopic (exact) mass is 318 g/mol. The van der Waals surface area contributed by atoms with Crippen molar-refractivity contribution in [1.82, 2.24) is 10.3 Å². The summed E-state index contributed by atoms with van der Waals surface area (Å²) in [4.78, 5) is 3.63. The van der Waals surface area contributed by atoms with Crippen molar-refractivity contribution in [2.75, 3.05) is 0 Å². The van der Waals surface area contributed by atoms with Crippen LogP contribution in [0.25, 0.3) is 10.4 Å². The van der Waals surface area contributed by atoms with Crippen LogP contribution in [0, 0.1) is 5.82 Å². The topological polar surface area (TPSA) is 24.9 Å². The number of rotatable bonds is 4. The molecule has 0 atom stereocenters. The third-order valence-corrected chi connectivity index (χ3v) is 3.88. The number of aromatic nitrogens is 1. The number of hydrogen-bond donors (Lipinski definition) is 1. The van der Waals surface area contributed by atoms with Crippen LogP contribution in [0.4, 0.5) is 17.6 Å². The average Bonchev–Trinajstić information content (AvgIpc) is 2.86. The van der Waals surface area contributed by atoms with Crippen LogP contribution in [0.1, 0.15) is 24.4 Å². The maximum absolute atomic E-state index is 13.9. The summed E-state index contributed by atoms with van der Waals surface area (Å²) in [5, 5.41) is 2.16. The first-order chi connectivity index (χ1) is 9.77. The molecule has 0 spiro atoms. The number of nitrogens with zero attached hydrogens (tertiary/aromatic N) is 1. The van der Waals surface area contributed by atoms with E-state index in [0.717, 1.165) is 6.20 Å². The van der Waals surface area contributed by atoms with Gasteiger partial charge >= 0.3 is 6.18 Å². The normalized spacial score (nSPS) is 12.1. The van der Waals surface area contributed by atoms with Gasteiger partial charge in [0.15, 0.2) is 5.01 Å². The molecule has 0 aliphatic rings. The lowest BCUT2D eigenvalue weighted by atomic mass is 10.1. The van der Waals surface area contributed by atoms with Gasteiger partial charge in [0.25, 0.3) is 0 Å². The third-order valence-electron chi connectivity index (χ3n) is 2.79. The predicted molar refractivity (Wildman–Crippen MR) is 74.5 cm³/mol. The van der Waals surface area contributed by atoms with Crippen LogP contribution >= 0.6 is 11.3 Å². The molecule has 0 saturated heterocycles. The summed E-state index contributed by atoms with van der Waals surface area (Å²) in [5.41, 5.74) is 0.877. The predicted octanol–water partition coefficient (Wildman–Crippen LogP) is 4.47. The molecule has 1 aromatic carbocycles. The molecule has 2 rings (SSSR count). The Kier molecular flexibility index (Phi) is 4.63. The van der Waals surface area contributed by atoms with Crippen LogP contribution in [0.2, 0.25) is 0 Å². The molecule has 1 N–H and O–H groups in total. The first-order valence-corrected chi connectivity index (χ1v) is 7.14. The zero-order valence-electron chi connectivity index (χ0n) is 11.5. The first-order valence-electron chi connectivity index (χ1n) is 6.32. The second kappa shape index (κ2) is 6.11. The number of halogens is 4. The standard InChI is InChI=1S/C14H14F4N2S/c1-8(2)19-6-10-4-3-9(5-11(10)15)12-7-20-13(21-12)14(16,17)18/h3-5,7-8,19H,6H2,1-2H3. The molecule has 1 aromatic heterocycles. The molecule has 0 amide bonds. The fraction of sp³-hybridized carbons (Fsp3) is 0.357. The quantitative estimate of drug-likeness (QED) is 0.842.